The molecule has 0 radical (unpaired) electrons. The second-order valence-corrected chi connectivity index (χ2v) is 8.39. The van der Waals surface area contributed by atoms with Gasteiger partial charge in [-0.1, -0.05) is 74.5 Å². The fourth-order valence-corrected chi connectivity index (χ4v) is 3.49. The number of likely N-dealkylation sites (N-methyl/N-ethyl adjacent to an activating group) is 1. The molecule has 0 spiro atoms. The minimum atomic E-state index is -0.770. The third kappa shape index (κ3) is 7.75. The van der Waals surface area contributed by atoms with E-state index < -0.39 is 17.3 Å². The van der Waals surface area contributed by atoms with Crippen molar-refractivity contribution in [3.05, 3.63) is 71.8 Å². The fraction of sp³-hybridized carbons (Fsp3) is 0.375. The Kier molecular flexibility index (Phi) is 9.59. The van der Waals surface area contributed by atoms with Crippen LogP contribution in [0.1, 0.15) is 36.6 Å². The Morgan fingerprint density at radius 3 is 1.90 bits per heavy atom. The molecule has 0 aromatic heterocycles. The minimum absolute atomic E-state index is 0.165. The van der Waals surface area contributed by atoms with Gasteiger partial charge in [0.2, 0.25) is 17.7 Å². The van der Waals surface area contributed by atoms with Gasteiger partial charge < -0.3 is 16.0 Å². The molecule has 0 saturated carbocycles. The monoisotopic (exact) mass is 441 g/mol. The highest BCUT2D eigenvalue weighted by atomic mass is 32.1. The fourth-order valence-electron chi connectivity index (χ4n) is 3.25. The lowest BCUT2D eigenvalue weighted by Crippen LogP contribution is -2.54. The molecule has 1 unspecified atom stereocenters. The first kappa shape index (κ1) is 24.5. The van der Waals surface area contributed by atoms with Crippen LogP contribution < -0.4 is 16.0 Å². The molecule has 2 aromatic carbocycles. The maximum Gasteiger partial charge on any atom is 0.243 e. The van der Waals surface area contributed by atoms with E-state index in [0.29, 0.717) is 12.8 Å². The summed E-state index contributed by atoms with van der Waals surface area (Å²) >= 11 is 4.42. The quantitative estimate of drug-likeness (QED) is 0.428. The van der Waals surface area contributed by atoms with Crippen molar-refractivity contribution in [2.75, 3.05) is 7.05 Å². The molecule has 6 nitrogen and oxygen atoms in total. The number of thiol groups is 1. The number of hydrogen-bond acceptors (Lipinski definition) is 4. The van der Waals surface area contributed by atoms with Gasteiger partial charge in [0, 0.05) is 13.5 Å². The van der Waals surface area contributed by atoms with E-state index in [4.69, 9.17) is 0 Å². The molecule has 0 aliphatic carbocycles. The zero-order valence-corrected chi connectivity index (χ0v) is 19.1. The Bertz CT molecular complexity index is 859. The molecule has 166 valence electrons. The summed E-state index contributed by atoms with van der Waals surface area (Å²) in [6.45, 7) is 3.95. The van der Waals surface area contributed by atoms with Crippen LogP contribution in [0.25, 0.3) is 0 Å². The summed E-state index contributed by atoms with van der Waals surface area (Å²) in [6.07, 6.45) is 0.798. The van der Waals surface area contributed by atoms with Gasteiger partial charge in [0.15, 0.2) is 0 Å². The molecule has 0 saturated heterocycles. The van der Waals surface area contributed by atoms with E-state index in [1.807, 2.05) is 74.5 Å². The number of amides is 3. The maximum absolute atomic E-state index is 13.1. The zero-order chi connectivity index (χ0) is 22.8. The van der Waals surface area contributed by atoms with Crippen LogP contribution in [0.3, 0.4) is 0 Å². The Labute approximate surface area is 189 Å². The van der Waals surface area contributed by atoms with Gasteiger partial charge in [0.1, 0.15) is 17.3 Å². The lowest BCUT2D eigenvalue weighted by molar-refractivity contribution is -0.132. The average Bonchev–Trinajstić information content (AvgIpc) is 2.78. The van der Waals surface area contributed by atoms with Crippen molar-refractivity contribution in [1.82, 2.24) is 16.0 Å². The van der Waals surface area contributed by atoms with E-state index in [0.717, 1.165) is 11.1 Å². The van der Waals surface area contributed by atoms with Gasteiger partial charge in [0.25, 0.3) is 0 Å². The minimum Gasteiger partial charge on any atom is -0.357 e. The molecule has 2 aromatic rings. The first-order valence-electron chi connectivity index (χ1n) is 10.4. The third-order valence-electron chi connectivity index (χ3n) is 4.87. The van der Waals surface area contributed by atoms with Crippen LogP contribution in [0.15, 0.2) is 60.7 Å². The van der Waals surface area contributed by atoms with E-state index in [-0.39, 0.29) is 23.6 Å². The molecule has 3 atom stereocenters. The molecule has 0 heterocycles. The molecule has 0 aliphatic rings. The van der Waals surface area contributed by atoms with Crippen LogP contribution in [0.4, 0.5) is 0 Å². The molecular formula is C24H31N3O3S. The van der Waals surface area contributed by atoms with Crippen molar-refractivity contribution in [3.63, 3.8) is 0 Å². The number of hydrogen-bond donors (Lipinski definition) is 4. The number of rotatable bonds is 10. The number of nitrogens with one attached hydrogen (secondary N) is 3. The van der Waals surface area contributed by atoms with E-state index in [2.05, 4.69) is 28.6 Å². The third-order valence-corrected chi connectivity index (χ3v) is 5.40. The van der Waals surface area contributed by atoms with E-state index >= 15 is 0 Å². The van der Waals surface area contributed by atoms with Gasteiger partial charge in [-0.3, -0.25) is 14.4 Å². The SMILES string of the molecule is CNC(=O)[C@H](Cc1ccccc1)NC(=O)[C@H](CC(C)C)NC(=O)C(S)c1ccccc1. The van der Waals surface area contributed by atoms with Crippen molar-refractivity contribution < 1.29 is 14.4 Å². The first-order chi connectivity index (χ1) is 14.8. The normalized spacial score (nSPS) is 13.7. The summed E-state index contributed by atoms with van der Waals surface area (Å²) < 4.78 is 0. The van der Waals surface area contributed by atoms with Gasteiger partial charge in [-0.25, -0.2) is 0 Å². The van der Waals surface area contributed by atoms with Crippen molar-refractivity contribution >= 4 is 30.4 Å². The van der Waals surface area contributed by atoms with Gasteiger partial charge in [0.05, 0.1) is 0 Å². The summed E-state index contributed by atoms with van der Waals surface area (Å²) in [4.78, 5) is 38.2. The number of benzene rings is 2. The van der Waals surface area contributed by atoms with Crippen LogP contribution in [0, 0.1) is 5.92 Å². The molecular weight excluding hydrogens is 410 g/mol. The molecule has 0 aliphatic heterocycles. The largest absolute Gasteiger partial charge is 0.357 e. The summed E-state index contributed by atoms with van der Waals surface area (Å²) in [5.74, 6) is -0.864. The smallest absolute Gasteiger partial charge is 0.243 e. The Balaban J connectivity index is 2.12. The molecule has 3 N–H and O–H groups in total. The summed E-state index contributed by atoms with van der Waals surface area (Å²) in [7, 11) is 1.53. The van der Waals surface area contributed by atoms with Crippen LogP contribution in [-0.4, -0.2) is 36.9 Å². The van der Waals surface area contributed by atoms with Crippen molar-refractivity contribution in [3.8, 4) is 0 Å². The predicted molar refractivity (Wildman–Crippen MR) is 126 cm³/mol. The lowest BCUT2D eigenvalue weighted by atomic mass is 10.0. The molecule has 3 amide bonds. The van der Waals surface area contributed by atoms with Crippen LogP contribution in [0.5, 0.6) is 0 Å². The van der Waals surface area contributed by atoms with Crippen LogP contribution >= 0.6 is 12.6 Å². The second-order valence-electron chi connectivity index (χ2n) is 7.87. The Morgan fingerprint density at radius 2 is 1.35 bits per heavy atom. The summed E-state index contributed by atoms with van der Waals surface area (Å²) in [6, 6.07) is 17.1. The van der Waals surface area contributed by atoms with Gasteiger partial charge >= 0.3 is 0 Å². The topological polar surface area (TPSA) is 87.3 Å². The van der Waals surface area contributed by atoms with Crippen molar-refractivity contribution in [2.24, 2.45) is 5.92 Å². The highest BCUT2D eigenvalue weighted by molar-refractivity contribution is 7.81. The zero-order valence-electron chi connectivity index (χ0n) is 18.2. The van der Waals surface area contributed by atoms with Gasteiger partial charge in [-0.05, 0) is 23.5 Å². The highest BCUT2D eigenvalue weighted by Gasteiger charge is 2.29. The first-order valence-corrected chi connectivity index (χ1v) is 10.9. The van der Waals surface area contributed by atoms with Gasteiger partial charge in [-0.2, -0.15) is 12.6 Å². The standard InChI is InChI=1S/C24H31N3O3S/c1-16(2)14-19(27-24(30)21(31)18-12-8-5-9-13-18)23(29)26-20(22(28)25-3)15-17-10-6-4-7-11-17/h4-13,16,19-21,31H,14-15H2,1-3H3,(H,25,28)(H,26,29)(H,27,30)/t19-,20-,21?/m0/s1. The summed E-state index contributed by atoms with van der Waals surface area (Å²) in [5, 5.41) is 7.53. The average molecular weight is 442 g/mol. The predicted octanol–water partition coefficient (Wildman–Crippen LogP) is 2.66. The maximum atomic E-state index is 13.1. The molecule has 0 bridgehead atoms. The molecule has 2 rings (SSSR count). The Hall–Kier alpha value is -2.80. The molecule has 31 heavy (non-hydrogen) atoms. The lowest BCUT2D eigenvalue weighted by Gasteiger charge is -2.25. The van der Waals surface area contributed by atoms with Crippen LogP contribution in [0.2, 0.25) is 0 Å². The molecule has 0 fully saturated rings. The number of carbonyl (C=O) groups excluding carboxylic acids is 3. The van der Waals surface area contributed by atoms with E-state index in [9.17, 15) is 14.4 Å². The summed E-state index contributed by atoms with van der Waals surface area (Å²) in [5.41, 5.74) is 1.68. The van der Waals surface area contributed by atoms with Crippen molar-refractivity contribution in [2.45, 2.75) is 44.0 Å². The van der Waals surface area contributed by atoms with E-state index in [1.165, 1.54) is 7.05 Å². The second kappa shape index (κ2) is 12.2. The van der Waals surface area contributed by atoms with E-state index in [1.54, 1.807) is 0 Å². The number of carbonyl (C=O) groups is 3. The van der Waals surface area contributed by atoms with Gasteiger partial charge in [-0.15, -0.1) is 0 Å². The highest BCUT2D eigenvalue weighted by Crippen LogP contribution is 2.20. The van der Waals surface area contributed by atoms with Crippen LogP contribution in [-0.2, 0) is 20.8 Å². The molecule has 7 heteroatoms. The Morgan fingerprint density at radius 1 is 0.806 bits per heavy atom. The van der Waals surface area contributed by atoms with Crippen molar-refractivity contribution in [1.29, 1.82) is 0 Å².